The van der Waals surface area contributed by atoms with Gasteiger partial charge >= 0.3 is 6.18 Å². The third-order valence-electron chi connectivity index (χ3n) is 3.84. The number of alkyl halides is 3. The zero-order valence-corrected chi connectivity index (χ0v) is 11.6. The molecule has 0 saturated heterocycles. The van der Waals surface area contributed by atoms with Crippen LogP contribution in [0.2, 0.25) is 0 Å². The molecule has 1 aliphatic carbocycles. The quantitative estimate of drug-likeness (QED) is 0.840. The molecule has 1 aromatic carbocycles. The van der Waals surface area contributed by atoms with E-state index in [0.29, 0.717) is 25.7 Å². The Hall–Kier alpha value is -1.85. The number of hydrogen-bond donors (Lipinski definition) is 0. The van der Waals surface area contributed by atoms with Crippen LogP contribution in [0.1, 0.15) is 41.6 Å². The molecule has 0 spiro atoms. The largest absolute Gasteiger partial charge is 0.416 e. The van der Waals surface area contributed by atoms with Crippen LogP contribution in [0.25, 0.3) is 0 Å². The van der Waals surface area contributed by atoms with Crippen LogP contribution in [0, 0.1) is 0 Å². The molecule has 1 fully saturated rings. The van der Waals surface area contributed by atoms with Gasteiger partial charge in [0.15, 0.2) is 0 Å². The van der Waals surface area contributed by atoms with Gasteiger partial charge in [-0.15, -0.1) is 0 Å². The van der Waals surface area contributed by atoms with E-state index in [1.807, 2.05) is 0 Å². The summed E-state index contributed by atoms with van der Waals surface area (Å²) in [5.41, 5.74) is -0.549. The summed E-state index contributed by atoms with van der Waals surface area (Å²) < 4.78 is 37.4. The predicted molar refractivity (Wildman–Crippen MR) is 70.8 cm³/mol. The summed E-state index contributed by atoms with van der Waals surface area (Å²) in [5.74, 6) is -0.121. The monoisotopic (exact) mass is 299 g/mol. The lowest BCUT2D eigenvalue weighted by atomic mass is 9.93. The molecule has 0 atom stereocenters. The first-order chi connectivity index (χ1) is 9.79. The van der Waals surface area contributed by atoms with Crippen LogP contribution in [0.4, 0.5) is 13.2 Å². The van der Waals surface area contributed by atoms with E-state index in [9.17, 15) is 22.8 Å². The maximum atomic E-state index is 12.5. The van der Waals surface area contributed by atoms with Crippen molar-refractivity contribution < 1.29 is 22.8 Å². The van der Waals surface area contributed by atoms with Gasteiger partial charge in [0.2, 0.25) is 0 Å². The van der Waals surface area contributed by atoms with Crippen LogP contribution < -0.4 is 0 Å². The van der Waals surface area contributed by atoms with Crippen molar-refractivity contribution in [1.29, 1.82) is 0 Å². The molecule has 6 heteroatoms. The zero-order chi connectivity index (χ0) is 15.6. The van der Waals surface area contributed by atoms with Crippen LogP contribution in [0.5, 0.6) is 0 Å². The Labute approximate surface area is 120 Å². The third kappa shape index (κ3) is 3.62. The number of carbonyl (C=O) groups is 2. The second-order valence-electron chi connectivity index (χ2n) is 5.26. The number of amides is 1. The molecule has 1 aliphatic rings. The molecule has 0 unspecified atom stereocenters. The Bertz CT molecular complexity index is 527. The van der Waals surface area contributed by atoms with Gasteiger partial charge in [-0.05, 0) is 37.1 Å². The average Bonchev–Trinajstić information content (AvgIpc) is 2.46. The molecule has 1 aromatic rings. The molecule has 0 aliphatic heterocycles. The van der Waals surface area contributed by atoms with Crippen LogP contribution >= 0.6 is 0 Å². The van der Waals surface area contributed by atoms with E-state index in [4.69, 9.17) is 0 Å². The summed E-state index contributed by atoms with van der Waals surface area (Å²) in [6.07, 6.45) is -2.27. The van der Waals surface area contributed by atoms with Gasteiger partial charge < -0.3 is 4.90 Å². The van der Waals surface area contributed by atoms with Gasteiger partial charge in [0, 0.05) is 31.5 Å². The number of ketones is 1. The van der Waals surface area contributed by atoms with Crippen molar-refractivity contribution in [3.05, 3.63) is 35.4 Å². The molecular formula is C15H16F3NO2. The molecule has 1 saturated carbocycles. The van der Waals surface area contributed by atoms with E-state index in [1.165, 1.54) is 17.0 Å². The number of Topliss-reactive ketones (excluding diaryl/α,β-unsaturated/α-hetero) is 1. The molecule has 0 bridgehead atoms. The first-order valence-corrected chi connectivity index (χ1v) is 6.75. The van der Waals surface area contributed by atoms with Crippen molar-refractivity contribution in [3.63, 3.8) is 0 Å². The van der Waals surface area contributed by atoms with Crippen molar-refractivity contribution in [2.24, 2.45) is 0 Å². The molecular weight excluding hydrogens is 283 g/mol. The minimum Gasteiger partial charge on any atom is -0.339 e. The molecule has 0 N–H and O–H groups in total. The first kappa shape index (κ1) is 15.5. The van der Waals surface area contributed by atoms with Crippen LogP contribution in [-0.2, 0) is 11.0 Å². The Balaban J connectivity index is 2.07. The zero-order valence-electron chi connectivity index (χ0n) is 11.6. The van der Waals surface area contributed by atoms with Gasteiger partial charge in [-0.2, -0.15) is 13.2 Å². The fraction of sp³-hybridized carbons (Fsp3) is 0.467. The second-order valence-corrected chi connectivity index (χ2v) is 5.26. The smallest absolute Gasteiger partial charge is 0.339 e. The summed E-state index contributed by atoms with van der Waals surface area (Å²) in [4.78, 5) is 25.0. The van der Waals surface area contributed by atoms with Gasteiger partial charge in [-0.1, -0.05) is 0 Å². The summed E-state index contributed by atoms with van der Waals surface area (Å²) in [6.45, 7) is 0. The molecule has 3 nitrogen and oxygen atoms in total. The van der Waals surface area contributed by atoms with Crippen LogP contribution in [-0.4, -0.2) is 29.7 Å². The van der Waals surface area contributed by atoms with E-state index in [2.05, 4.69) is 0 Å². The van der Waals surface area contributed by atoms with Crippen LogP contribution in [0.3, 0.4) is 0 Å². The van der Waals surface area contributed by atoms with Gasteiger partial charge in [-0.25, -0.2) is 0 Å². The fourth-order valence-electron chi connectivity index (χ4n) is 2.48. The fourth-order valence-corrected chi connectivity index (χ4v) is 2.48. The summed E-state index contributed by atoms with van der Waals surface area (Å²) in [5, 5.41) is 0. The number of nitrogens with zero attached hydrogens (tertiary/aromatic N) is 1. The van der Waals surface area contributed by atoms with Crippen molar-refractivity contribution in [2.45, 2.75) is 37.9 Å². The molecule has 0 heterocycles. The van der Waals surface area contributed by atoms with Crippen molar-refractivity contribution >= 4 is 11.7 Å². The van der Waals surface area contributed by atoms with E-state index >= 15 is 0 Å². The highest BCUT2D eigenvalue weighted by molar-refractivity contribution is 5.94. The van der Waals surface area contributed by atoms with E-state index < -0.39 is 11.7 Å². The molecule has 1 amide bonds. The highest BCUT2D eigenvalue weighted by Gasteiger charge is 2.31. The molecule has 2 rings (SSSR count). The second kappa shape index (κ2) is 5.87. The lowest BCUT2D eigenvalue weighted by molar-refractivity contribution is -0.137. The maximum absolute atomic E-state index is 12.5. The Morgan fingerprint density at radius 2 is 1.67 bits per heavy atom. The topological polar surface area (TPSA) is 37.4 Å². The highest BCUT2D eigenvalue weighted by atomic mass is 19.4. The predicted octanol–water partition coefficient (Wildman–Crippen LogP) is 3.29. The normalized spacial score (nSPS) is 16.9. The van der Waals surface area contributed by atoms with Crippen molar-refractivity contribution in [3.8, 4) is 0 Å². The lowest BCUT2D eigenvalue weighted by Crippen LogP contribution is -2.39. The summed E-state index contributed by atoms with van der Waals surface area (Å²) in [7, 11) is 1.63. The number of rotatable bonds is 2. The van der Waals surface area contributed by atoms with Crippen molar-refractivity contribution in [2.75, 3.05) is 7.05 Å². The standard InChI is InChI=1S/C15H16F3NO2/c1-19(12-6-8-13(20)9-7-12)14(21)10-2-4-11(5-3-10)15(16,17)18/h2-5,12H,6-9H2,1H3. The number of halogens is 3. The minimum absolute atomic E-state index is 0.0301. The summed E-state index contributed by atoms with van der Waals surface area (Å²) >= 11 is 0. The number of hydrogen-bond acceptors (Lipinski definition) is 2. The first-order valence-electron chi connectivity index (χ1n) is 6.75. The van der Waals surface area contributed by atoms with Crippen LogP contribution in [0.15, 0.2) is 24.3 Å². The molecule has 0 aromatic heterocycles. The molecule has 114 valence electrons. The lowest BCUT2D eigenvalue weighted by Gasteiger charge is -2.30. The van der Waals surface area contributed by atoms with Gasteiger partial charge in [0.1, 0.15) is 5.78 Å². The minimum atomic E-state index is -4.41. The van der Waals surface area contributed by atoms with E-state index in [-0.39, 0.29) is 23.3 Å². The Morgan fingerprint density at radius 3 is 2.14 bits per heavy atom. The van der Waals surface area contributed by atoms with Gasteiger partial charge in [0.05, 0.1) is 5.56 Å². The maximum Gasteiger partial charge on any atom is 0.416 e. The highest BCUT2D eigenvalue weighted by Crippen LogP contribution is 2.29. The van der Waals surface area contributed by atoms with Crippen molar-refractivity contribution in [1.82, 2.24) is 4.90 Å². The Kier molecular flexibility index (Phi) is 4.34. The molecule has 21 heavy (non-hydrogen) atoms. The van der Waals surface area contributed by atoms with Gasteiger partial charge in [-0.3, -0.25) is 9.59 Å². The third-order valence-corrected chi connectivity index (χ3v) is 3.84. The van der Waals surface area contributed by atoms with Gasteiger partial charge in [0.25, 0.3) is 5.91 Å². The van der Waals surface area contributed by atoms with E-state index in [1.54, 1.807) is 7.05 Å². The SMILES string of the molecule is CN(C(=O)c1ccc(C(F)(F)F)cc1)C1CCC(=O)CC1. The van der Waals surface area contributed by atoms with E-state index in [0.717, 1.165) is 12.1 Å². The molecule has 0 radical (unpaired) electrons. The average molecular weight is 299 g/mol. The summed E-state index contributed by atoms with van der Waals surface area (Å²) in [6, 6.07) is 4.17. The Morgan fingerprint density at radius 1 is 1.14 bits per heavy atom. The number of benzene rings is 1. The number of carbonyl (C=O) groups excluding carboxylic acids is 2.